The molecule has 19 heavy (non-hydrogen) atoms. The van der Waals surface area contributed by atoms with E-state index >= 15 is 0 Å². The molecule has 0 spiro atoms. The summed E-state index contributed by atoms with van der Waals surface area (Å²) in [4.78, 5) is 16.0. The van der Waals surface area contributed by atoms with E-state index in [0.29, 0.717) is 18.7 Å². The summed E-state index contributed by atoms with van der Waals surface area (Å²) >= 11 is 0. The van der Waals surface area contributed by atoms with Crippen molar-refractivity contribution in [1.82, 2.24) is 10.3 Å². The van der Waals surface area contributed by atoms with E-state index in [0.717, 1.165) is 12.1 Å². The first-order valence-electron chi connectivity index (χ1n) is 6.26. The van der Waals surface area contributed by atoms with Gasteiger partial charge in [-0.05, 0) is 24.1 Å². The first-order chi connectivity index (χ1) is 9.29. The Labute approximate surface area is 112 Å². The number of amides is 1. The molecule has 0 radical (unpaired) electrons. The summed E-state index contributed by atoms with van der Waals surface area (Å²) in [5.74, 6) is -0.0898. The molecule has 3 N–H and O–H groups in total. The molecule has 1 amide bonds. The number of hydrogen-bond acceptors (Lipinski definition) is 3. The molecule has 0 unspecified atom stereocenters. The second-order valence-electron chi connectivity index (χ2n) is 4.23. The number of aromatic nitrogens is 1. The zero-order valence-corrected chi connectivity index (χ0v) is 10.7. The lowest BCUT2D eigenvalue weighted by Gasteiger charge is -2.06. The van der Waals surface area contributed by atoms with E-state index in [1.165, 1.54) is 5.56 Å². The Morgan fingerprint density at radius 3 is 2.74 bits per heavy atom. The number of nitrogens with zero attached hydrogens (tertiary/aromatic N) is 1. The number of pyridine rings is 1. The fraction of sp³-hybridized carbons (Fsp3) is 0.200. The van der Waals surface area contributed by atoms with Gasteiger partial charge in [-0.25, -0.2) is 0 Å². The van der Waals surface area contributed by atoms with Gasteiger partial charge in [0.05, 0.1) is 5.69 Å². The second-order valence-corrected chi connectivity index (χ2v) is 4.23. The molecular weight excluding hydrogens is 238 g/mol. The van der Waals surface area contributed by atoms with Gasteiger partial charge in [0.25, 0.3) is 5.91 Å². The van der Waals surface area contributed by atoms with Gasteiger partial charge in [-0.15, -0.1) is 0 Å². The lowest BCUT2D eigenvalue weighted by atomic mass is 10.1. The van der Waals surface area contributed by atoms with Crippen LogP contribution in [0.25, 0.3) is 0 Å². The number of hydrogen-bond donors (Lipinski definition) is 2. The predicted molar refractivity (Wildman–Crippen MR) is 74.6 cm³/mol. The maximum absolute atomic E-state index is 11.9. The van der Waals surface area contributed by atoms with Crippen molar-refractivity contribution in [2.75, 3.05) is 6.54 Å². The van der Waals surface area contributed by atoms with Crippen LogP contribution in [0.2, 0.25) is 0 Å². The van der Waals surface area contributed by atoms with Crippen molar-refractivity contribution < 1.29 is 4.79 Å². The Bertz CT molecular complexity index is 540. The van der Waals surface area contributed by atoms with Gasteiger partial charge in [0.2, 0.25) is 0 Å². The Morgan fingerprint density at radius 2 is 2.00 bits per heavy atom. The van der Waals surface area contributed by atoms with Crippen molar-refractivity contribution in [3.63, 3.8) is 0 Å². The van der Waals surface area contributed by atoms with Crippen LogP contribution >= 0.6 is 0 Å². The van der Waals surface area contributed by atoms with Gasteiger partial charge in [0.1, 0.15) is 0 Å². The van der Waals surface area contributed by atoms with Crippen LogP contribution in [0, 0.1) is 0 Å². The molecule has 4 nitrogen and oxygen atoms in total. The van der Waals surface area contributed by atoms with Crippen LogP contribution in [0.15, 0.2) is 48.7 Å². The fourth-order valence-electron chi connectivity index (χ4n) is 1.80. The quantitative estimate of drug-likeness (QED) is 0.851. The van der Waals surface area contributed by atoms with Crippen molar-refractivity contribution in [1.29, 1.82) is 0 Å². The highest BCUT2D eigenvalue weighted by Gasteiger charge is 2.05. The van der Waals surface area contributed by atoms with Crippen LogP contribution in [-0.4, -0.2) is 17.4 Å². The molecule has 98 valence electrons. The zero-order chi connectivity index (χ0) is 13.5. The number of rotatable bonds is 5. The van der Waals surface area contributed by atoms with E-state index in [2.05, 4.69) is 10.3 Å². The van der Waals surface area contributed by atoms with Gasteiger partial charge in [-0.2, -0.15) is 0 Å². The topological polar surface area (TPSA) is 68.0 Å². The van der Waals surface area contributed by atoms with E-state index in [-0.39, 0.29) is 5.91 Å². The molecule has 0 saturated heterocycles. The minimum atomic E-state index is -0.0898. The third-order valence-electron chi connectivity index (χ3n) is 2.83. The number of benzene rings is 1. The van der Waals surface area contributed by atoms with Crippen LogP contribution in [0.3, 0.4) is 0 Å². The summed E-state index contributed by atoms with van der Waals surface area (Å²) in [6, 6.07) is 13.5. The fourth-order valence-corrected chi connectivity index (χ4v) is 1.80. The summed E-state index contributed by atoms with van der Waals surface area (Å²) in [7, 11) is 0. The molecule has 0 bridgehead atoms. The highest BCUT2D eigenvalue weighted by atomic mass is 16.1. The van der Waals surface area contributed by atoms with Gasteiger partial charge in [0.15, 0.2) is 0 Å². The van der Waals surface area contributed by atoms with E-state index in [9.17, 15) is 4.79 Å². The van der Waals surface area contributed by atoms with Crippen molar-refractivity contribution in [2.24, 2.45) is 5.73 Å². The molecule has 0 aliphatic rings. The number of nitrogens with one attached hydrogen (secondary N) is 1. The van der Waals surface area contributed by atoms with E-state index < -0.39 is 0 Å². The largest absolute Gasteiger partial charge is 0.352 e. The van der Waals surface area contributed by atoms with Gasteiger partial charge in [-0.1, -0.05) is 30.3 Å². The Kier molecular flexibility index (Phi) is 4.64. The SMILES string of the molecule is NCc1cc(C(=O)NCCc2ccccc2)ccn1. The minimum Gasteiger partial charge on any atom is -0.352 e. The summed E-state index contributed by atoms with van der Waals surface area (Å²) < 4.78 is 0. The van der Waals surface area contributed by atoms with Crippen molar-refractivity contribution in [3.05, 3.63) is 65.5 Å². The van der Waals surface area contributed by atoms with Gasteiger partial charge in [0, 0.05) is 24.8 Å². The second kappa shape index (κ2) is 6.66. The summed E-state index contributed by atoms with van der Waals surface area (Å²) in [5.41, 5.74) is 8.03. The number of carbonyl (C=O) groups excluding carboxylic acids is 1. The summed E-state index contributed by atoms with van der Waals surface area (Å²) in [6.45, 7) is 0.953. The number of nitrogens with two attached hydrogens (primary N) is 1. The maximum atomic E-state index is 11.9. The average molecular weight is 255 g/mol. The summed E-state index contributed by atoms with van der Waals surface area (Å²) in [5, 5.41) is 2.89. The van der Waals surface area contributed by atoms with Crippen molar-refractivity contribution in [2.45, 2.75) is 13.0 Å². The molecule has 1 aromatic carbocycles. The maximum Gasteiger partial charge on any atom is 0.251 e. The molecule has 0 fully saturated rings. The van der Waals surface area contributed by atoms with Crippen LogP contribution in [0.1, 0.15) is 21.6 Å². The lowest BCUT2D eigenvalue weighted by Crippen LogP contribution is -2.26. The zero-order valence-electron chi connectivity index (χ0n) is 10.7. The van der Waals surface area contributed by atoms with Gasteiger partial charge >= 0.3 is 0 Å². The predicted octanol–water partition coefficient (Wildman–Crippen LogP) is 1.51. The molecule has 0 aliphatic heterocycles. The summed E-state index contributed by atoms with van der Waals surface area (Å²) in [6.07, 6.45) is 2.43. The monoisotopic (exact) mass is 255 g/mol. The highest BCUT2D eigenvalue weighted by Crippen LogP contribution is 2.02. The molecular formula is C15H17N3O. The Morgan fingerprint density at radius 1 is 1.21 bits per heavy atom. The first kappa shape index (κ1) is 13.2. The minimum absolute atomic E-state index is 0.0898. The van der Waals surface area contributed by atoms with Crippen LogP contribution in [0.5, 0.6) is 0 Å². The Balaban J connectivity index is 1.87. The smallest absolute Gasteiger partial charge is 0.251 e. The van der Waals surface area contributed by atoms with Crippen LogP contribution in [-0.2, 0) is 13.0 Å². The van der Waals surface area contributed by atoms with Crippen molar-refractivity contribution in [3.8, 4) is 0 Å². The van der Waals surface area contributed by atoms with E-state index in [4.69, 9.17) is 5.73 Å². The number of carbonyl (C=O) groups is 1. The molecule has 2 aromatic rings. The van der Waals surface area contributed by atoms with Gasteiger partial charge in [-0.3, -0.25) is 9.78 Å². The van der Waals surface area contributed by atoms with E-state index in [1.54, 1.807) is 18.3 Å². The van der Waals surface area contributed by atoms with Crippen LogP contribution in [0.4, 0.5) is 0 Å². The third-order valence-corrected chi connectivity index (χ3v) is 2.83. The normalized spacial score (nSPS) is 10.2. The molecule has 2 rings (SSSR count). The first-order valence-corrected chi connectivity index (χ1v) is 6.26. The van der Waals surface area contributed by atoms with Gasteiger partial charge < -0.3 is 11.1 Å². The average Bonchev–Trinajstić information content (AvgIpc) is 2.48. The molecule has 0 atom stereocenters. The Hall–Kier alpha value is -2.20. The molecule has 0 saturated carbocycles. The molecule has 1 heterocycles. The van der Waals surface area contributed by atoms with Crippen LogP contribution < -0.4 is 11.1 Å². The molecule has 1 aromatic heterocycles. The standard InChI is InChI=1S/C15H17N3O/c16-11-14-10-13(7-9-17-14)15(19)18-8-6-12-4-2-1-3-5-12/h1-5,7,9-10H,6,8,11,16H2,(H,18,19). The highest BCUT2D eigenvalue weighted by molar-refractivity contribution is 5.94. The van der Waals surface area contributed by atoms with Crippen molar-refractivity contribution >= 4 is 5.91 Å². The van der Waals surface area contributed by atoms with E-state index in [1.807, 2.05) is 30.3 Å². The molecule has 0 aliphatic carbocycles. The third kappa shape index (κ3) is 3.89. The lowest BCUT2D eigenvalue weighted by molar-refractivity contribution is 0.0954. The molecule has 4 heteroatoms.